The molecule has 1 aromatic carbocycles. The Morgan fingerprint density at radius 3 is 3.03 bits per heavy atom. The molecule has 1 N–H and O–H groups in total. The van der Waals surface area contributed by atoms with Crippen LogP contribution in [0.25, 0.3) is 0 Å². The van der Waals surface area contributed by atoms with Crippen molar-refractivity contribution in [1.82, 2.24) is 19.7 Å². The Kier molecular flexibility index (Phi) is 4.63. The summed E-state index contributed by atoms with van der Waals surface area (Å²) in [7, 11) is 1.90. The van der Waals surface area contributed by atoms with Gasteiger partial charge in [0.1, 0.15) is 11.4 Å². The predicted octanol–water partition coefficient (Wildman–Crippen LogP) is 3.33. The molecule has 0 fully saturated rings. The standard InChI is InChI=1S/C22H25N5O2S/c1-22(2)9-15-8-14(4-5-18(15)29-22)10-27-12-16-11-26(3)25-19(16)17(13-27)20(28)24-21-23-6-7-30-21/h4-8,11,17H,9-10,12-13H2,1-3H3,(H,23,24,28). The Hall–Kier alpha value is -2.71. The lowest BCUT2D eigenvalue weighted by molar-refractivity contribution is -0.118. The Morgan fingerprint density at radius 1 is 1.37 bits per heavy atom. The van der Waals surface area contributed by atoms with E-state index in [0.717, 1.165) is 36.5 Å². The molecule has 30 heavy (non-hydrogen) atoms. The lowest BCUT2D eigenvalue weighted by atomic mass is 9.95. The maximum Gasteiger partial charge on any atom is 0.236 e. The van der Waals surface area contributed by atoms with E-state index in [0.29, 0.717) is 11.7 Å². The number of carbonyl (C=O) groups excluding carboxylic acids is 1. The predicted molar refractivity (Wildman–Crippen MR) is 116 cm³/mol. The minimum absolute atomic E-state index is 0.0568. The molecular weight excluding hydrogens is 398 g/mol. The van der Waals surface area contributed by atoms with Gasteiger partial charge in [0.2, 0.25) is 5.91 Å². The smallest absolute Gasteiger partial charge is 0.236 e. The van der Waals surface area contributed by atoms with E-state index in [9.17, 15) is 4.79 Å². The van der Waals surface area contributed by atoms with Crippen LogP contribution in [0.15, 0.2) is 36.0 Å². The van der Waals surface area contributed by atoms with Crippen molar-refractivity contribution in [2.24, 2.45) is 7.05 Å². The minimum Gasteiger partial charge on any atom is -0.487 e. The summed E-state index contributed by atoms with van der Waals surface area (Å²) in [5, 5.41) is 10.0. The van der Waals surface area contributed by atoms with E-state index in [1.807, 2.05) is 18.6 Å². The molecular formula is C22H25N5O2S. The normalized spacial score (nSPS) is 19.8. The van der Waals surface area contributed by atoms with Crippen LogP contribution in [0.4, 0.5) is 5.13 Å². The first-order valence-electron chi connectivity index (χ1n) is 10.1. The van der Waals surface area contributed by atoms with Crippen LogP contribution < -0.4 is 10.1 Å². The van der Waals surface area contributed by atoms with E-state index in [2.05, 4.69) is 52.3 Å². The van der Waals surface area contributed by atoms with Gasteiger partial charge < -0.3 is 10.1 Å². The van der Waals surface area contributed by atoms with Gasteiger partial charge in [-0.3, -0.25) is 14.4 Å². The summed E-state index contributed by atoms with van der Waals surface area (Å²) < 4.78 is 7.80. The van der Waals surface area contributed by atoms with Gasteiger partial charge in [0.15, 0.2) is 5.13 Å². The first kappa shape index (κ1) is 19.3. The van der Waals surface area contributed by atoms with Gasteiger partial charge >= 0.3 is 0 Å². The molecule has 0 saturated heterocycles. The Bertz CT molecular complexity index is 1090. The number of nitrogens with one attached hydrogen (secondary N) is 1. The van der Waals surface area contributed by atoms with Crippen LogP contribution in [0.3, 0.4) is 0 Å². The van der Waals surface area contributed by atoms with Crippen molar-refractivity contribution in [1.29, 1.82) is 0 Å². The third-order valence-electron chi connectivity index (χ3n) is 5.61. The lowest BCUT2D eigenvalue weighted by Crippen LogP contribution is -2.38. The monoisotopic (exact) mass is 423 g/mol. The summed E-state index contributed by atoms with van der Waals surface area (Å²) in [5.74, 6) is 0.604. The fourth-order valence-electron chi connectivity index (χ4n) is 4.44. The first-order chi connectivity index (χ1) is 14.4. The van der Waals surface area contributed by atoms with Crippen molar-refractivity contribution >= 4 is 22.4 Å². The number of ether oxygens (including phenoxy) is 1. The molecule has 1 unspecified atom stereocenters. The Labute approximate surface area is 179 Å². The number of anilines is 1. The van der Waals surface area contributed by atoms with Crippen molar-refractivity contribution in [3.63, 3.8) is 0 Å². The van der Waals surface area contributed by atoms with Gasteiger partial charge in [-0.2, -0.15) is 5.10 Å². The van der Waals surface area contributed by atoms with Gasteiger partial charge in [-0.05, 0) is 31.0 Å². The number of thiazole rings is 1. The second-order valence-corrected chi connectivity index (χ2v) is 9.64. The second-order valence-electron chi connectivity index (χ2n) is 8.74. The van der Waals surface area contributed by atoms with E-state index in [-0.39, 0.29) is 17.4 Å². The molecule has 1 amide bonds. The number of aromatic nitrogens is 3. The zero-order chi connectivity index (χ0) is 20.9. The molecule has 0 radical (unpaired) electrons. The molecule has 4 heterocycles. The summed E-state index contributed by atoms with van der Waals surface area (Å²) in [6.07, 6.45) is 4.63. The summed E-state index contributed by atoms with van der Waals surface area (Å²) >= 11 is 1.42. The zero-order valence-electron chi connectivity index (χ0n) is 17.4. The summed E-state index contributed by atoms with van der Waals surface area (Å²) in [4.78, 5) is 19.5. The highest BCUT2D eigenvalue weighted by molar-refractivity contribution is 7.13. The van der Waals surface area contributed by atoms with E-state index in [1.165, 1.54) is 22.5 Å². The number of benzene rings is 1. The van der Waals surface area contributed by atoms with Crippen LogP contribution >= 0.6 is 11.3 Å². The summed E-state index contributed by atoms with van der Waals surface area (Å²) in [5.41, 5.74) is 4.33. The van der Waals surface area contributed by atoms with Crippen molar-refractivity contribution in [3.05, 3.63) is 58.4 Å². The van der Waals surface area contributed by atoms with Crippen LogP contribution in [-0.4, -0.2) is 37.7 Å². The second kappa shape index (κ2) is 7.21. The molecule has 7 nitrogen and oxygen atoms in total. The summed E-state index contributed by atoms with van der Waals surface area (Å²) in [6.45, 7) is 6.42. The third kappa shape index (κ3) is 3.73. The topological polar surface area (TPSA) is 72.3 Å². The van der Waals surface area contributed by atoms with Crippen LogP contribution in [0.5, 0.6) is 5.75 Å². The van der Waals surface area contributed by atoms with Gasteiger partial charge in [-0.15, -0.1) is 11.3 Å². The number of nitrogens with zero attached hydrogens (tertiary/aromatic N) is 4. The van der Waals surface area contributed by atoms with Crippen LogP contribution in [0.2, 0.25) is 0 Å². The van der Waals surface area contributed by atoms with Crippen molar-refractivity contribution in [3.8, 4) is 5.75 Å². The molecule has 156 valence electrons. The molecule has 0 spiro atoms. The first-order valence-corrected chi connectivity index (χ1v) is 11.0. The quantitative estimate of drug-likeness (QED) is 0.697. The fraction of sp³-hybridized carbons (Fsp3) is 0.409. The van der Waals surface area contributed by atoms with Crippen molar-refractivity contribution in [2.75, 3.05) is 11.9 Å². The highest BCUT2D eigenvalue weighted by atomic mass is 32.1. The number of hydrogen-bond donors (Lipinski definition) is 1. The molecule has 5 rings (SSSR count). The van der Waals surface area contributed by atoms with E-state index >= 15 is 0 Å². The number of rotatable bonds is 4. The Balaban J connectivity index is 1.36. The molecule has 3 aromatic rings. The van der Waals surface area contributed by atoms with Gasteiger partial charge in [0.05, 0.1) is 11.6 Å². The van der Waals surface area contributed by atoms with Gasteiger partial charge in [0.25, 0.3) is 0 Å². The third-order valence-corrected chi connectivity index (χ3v) is 6.30. The van der Waals surface area contributed by atoms with Gasteiger partial charge in [-0.25, -0.2) is 4.98 Å². The maximum absolute atomic E-state index is 13.0. The molecule has 2 aliphatic heterocycles. The molecule has 2 aromatic heterocycles. The Morgan fingerprint density at radius 2 is 2.23 bits per heavy atom. The number of fused-ring (bicyclic) bond motifs is 2. The molecule has 2 aliphatic rings. The fourth-order valence-corrected chi connectivity index (χ4v) is 4.98. The largest absolute Gasteiger partial charge is 0.487 e. The minimum atomic E-state index is -0.324. The van der Waals surface area contributed by atoms with Crippen LogP contribution in [0, 0.1) is 0 Å². The summed E-state index contributed by atoms with van der Waals surface area (Å²) in [6, 6.07) is 6.45. The molecule has 0 bridgehead atoms. The maximum atomic E-state index is 13.0. The van der Waals surface area contributed by atoms with E-state index in [1.54, 1.807) is 10.9 Å². The van der Waals surface area contributed by atoms with E-state index in [4.69, 9.17) is 4.74 Å². The van der Waals surface area contributed by atoms with E-state index < -0.39 is 0 Å². The van der Waals surface area contributed by atoms with Crippen molar-refractivity contribution in [2.45, 2.75) is 44.9 Å². The number of amides is 1. The number of carbonyl (C=O) groups is 1. The average Bonchev–Trinajstić information content (AvgIpc) is 3.37. The van der Waals surface area contributed by atoms with Gasteiger partial charge in [-0.1, -0.05) is 12.1 Å². The van der Waals surface area contributed by atoms with Gasteiger partial charge in [0, 0.05) is 56.4 Å². The highest BCUT2D eigenvalue weighted by Gasteiger charge is 2.34. The molecule has 8 heteroatoms. The number of aryl methyl sites for hydroxylation is 1. The highest BCUT2D eigenvalue weighted by Crippen LogP contribution is 2.36. The molecule has 1 atom stereocenters. The van der Waals surface area contributed by atoms with Crippen LogP contribution in [-0.2, 0) is 31.4 Å². The lowest BCUT2D eigenvalue weighted by Gasteiger charge is -2.31. The zero-order valence-corrected chi connectivity index (χ0v) is 18.2. The molecule has 0 aliphatic carbocycles. The average molecular weight is 424 g/mol. The SMILES string of the molecule is Cn1cc2c(n1)C(C(=O)Nc1nccs1)CN(Cc1ccc3c(c1)CC(C)(C)O3)C2. The number of hydrogen-bond acceptors (Lipinski definition) is 6. The van der Waals surface area contributed by atoms with Crippen molar-refractivity contribution < 1.29 is 9.53 Å². The molecule has 0 saturated carbocycles. The van der Waals surface area contributed by atoms with Crippen LogP contribution in [0.1, 0.15) is 42.1 Å².